The van der Waals surface area contributed by atoms with Gasteiger partial charge in [-0.2, -0.15) is 5.26 Å². The van der Waals surface area contributed by atoms with Crippen molar-refractivity contribution in [3.63, 3.8) is 0 Å². The third-order valence-corrected chi connectivity index (χ3v) is 3.73. The van der Waals surface area contributed by atoms with Crippen LogP contribution in [0.4, 0.5) is 0 Å². The zero-order chi connectivity index (χ0) is 10.3. The van der Waals surface area contributed by atoms with E-state index in [0.717, 1.165) is 24.1 Å². The topological polar surface area (TPSA) is 27.0 Å². The summed E-state index contributed by atoms with van der Waals surface area (Å²) in [5.41, 5.74) is 2.02. The van der Waals surface area contributed by atoms with Crippen LogP contribution in [0.15, 0.2) is 24.3 Å². The molecule has 2 heteroatoms. The van der Waals surface area contributed by atoms with Gasteiger partial charge in [0.05, 0.1) is 11.6 Å². The Balaban J connectivity index is 1.79. The van der Waals surface area contributed by atoms with Crippen LogP contribution in [0.2, 0.25) is 0 Å². The largest absolute Gasteiger partial charge is 0.296 e. The highest BCUT2D eigenvalue weighted by Gasteiger charge is 2.42. The summed E-state index contributed by atoms with van der Waals surface area (Å²) in [6.07, 6.45) is 2.77. The number of hydrogen-bond acceptors (Lipinski definition) is 2. The van der Waals surface area contributed by atoms with Crippen LogP contribution in [0.3, 0.4) is 0 Å². The molecule has 3 aliphatic rings. The standard InChI is InChI=1S/C13H14N2/c14-7-11-3-1-2-4-12(11)9-15-8-10-5-13(15)6-10/h1-4,10,13H,5-6,8-9H2. The van der Waals surface area contributed by atoms with Gasteiger partial charge in [-0.3, -0.25) is 4.90 Å². The fraction of sp³-hybridized carbons (Fsp3) is 0.462. The fourth-order valence-corrected chi connectivity index (χ4v) is 2.81. The van der Waals surface area contributed by atoms with Crippen LogP contribution in [-0.2, 0) is 6.54 Å². The second-order valence-electron chi connectivity index (χ2n) is 4.69. The molecule has 0 aromatic heterocycles. The van der Waals surface area contributed by atoms with E-state index in [2.05, 4.69) is 17.0 Å². The minimum absolute atomic E-state index is 0.807. The first-order chi connectivity index (χ1) is 7.36. The summed E-state index contributed by atoms with van der Waals surface area (Å²) in [6, 6.07) is 11.0. The second kappa shape index (κ2) is 3.36. The van der Waals surface area contributed by atoms with Crippen molar-refractivity contribution >= 4 is 0 Å². The van der Waals surface area contributed by atoms with Crippen molar-refractivity contribution in [2.75, 3.05) is 6.54 Å². The summed E-state index contributed by atoms with van der Waals surface area (Å²) in [7, 11) is 0. The van der Waals surface area contributed by atoms with Crippen LogP contribution in [0, 0.1) is 17.2 Å². The van der Waals surface area contributed by atoms with Gasteiger partial charge < -0.3 is 0 Å². The zero-order valence-corrected chi connectivity index (χ0v) is 8.69. The third-order valence-electron chi connectivity index (χ3n) is 3.73. The van der Waals surface area contributed by atoms with E-state index in [4.69, 9.17) is 5.26 Å². The van der Waals surface area contributed by atoms with Gasteiger partial charge in [0.15, 0.2) is 0 Å². The molecule has 2 bridgehead atoms. The maximum Gasteiger partial charge on any atom is 0.0995 e. The molecule has 0 spiro atoms. The van der Waals surface area contributed by atoms with Gasteiger partial charge >= 0.3 is 0 Å². The van der Waals surface area contributed by atoms with E-state index >= 15 is 0 Å². The molecule has 1 aromatic carbocycles. The van der Waals surface area contributed by atoms with Gasteiger partial charge in [-0.05, 0) is 30.4 Å². The summed E-state index contributed by atoms with van der Waals surface area (Å²) >= 11 is 0. The molecule has 2 nitrogen and oxygen atoms in total. The first kappa shape index (κ1) is 8.94. The number of fused-ring (bicyclic) bond motifs is 1. The minimum atomic E-state index is 0.807. The van der Waals surface area contributed by atoms with Gasteiger partial charge in [-0.15, -0.1) is 0 Å². The number of nitrogens with zero attached hydrogens (tertiary/aromatic N) is 2. The van der Waals surface area contributed by atoms with E-state index in [1.165, 1.54) is 24.9 Å². The lowest BCUT2D eigenvalue weighted by atomic mass is 9.86. The molecule has 2 heterocycles. The highest BCUT2D eigenvalue weighted by molar-refractivity contribution is 5.37. The Morgan fingerprint density at radius 1 is 1.33 bits per heavy atom. The average Bonchev–Trinajstić information content (AvgIpc) is 2.76. The SMILES string of the molecule is N#Cc1ccccc1CN1CC2CC1C2. The van der Waals surface area contributed by atoms with Crippen LogP contribution < -0.4 is 0 Å². The number of rotatable bonds is 2. The Morgan fingerprint density at radius 2 is 2.13 bits per heavy atom. The van der Waals surface area contributed by atoms with Crippen molar-refractivity contribution in [2.45, 2.75) is 25.4 Å². The first-order valence-electron chi connectivity index (χ1n) is 5.59. The van der Waals surface area contributed by atoms with Gasteiger partial charge in [-0.25, -0.2) is 0 Å². The monoisotopic (exact) mass is 198 g/mol. The smallest absolute Gasteiger partial charge is 0.0995 e. The zero-order valence-electron chi connectivity index (χ0n) is 8.69. The lowest BCUT2D eigenvalue weighted by Gasteiger charge is -2.26. The molecule has 1 aromatic rings. The van der Waals surface area contributed by atoms with Gasteiger partial charge in [0.2, 0.25) is 0 Å². The molecule has 0 atom stereocenters. The molecule has 3 fully saturated rings. The fourth-order valence-electron chi connectivity index (χ4n) is 2.81. The Kier molecular flexibility index (Phi) is 2.00. The van der Waals surface area contributed by atoms with Crippen LogP contribution in [-0.4, -0.2) is 17.5 Å². The predicted octanol–water partition coefficient (Wildman–Crippen LogP) is 2.15. The third kappa shape index (κ3) is 1.44. The van der Waals surface area contributed by atoms with Gasteiger partial charge in [0, 0.05) is 19.1 Å². The van der Waals surface area contributed by atoms with Crippen LogP contribution >= 0.6 is 0 Å². The lowest BCUT2D eigenvalue weighted by molar-refractivity contribution is 0.239. The molecule has 2 saturated heterocycles. The minimum Gasteiger partial charge on any atom is -0.296 e. The van der Waals surface area contributed by atoms with E-state index in [0.29, 0.717) is 0 Å². The van der Waals surface area contributed by atoms with Gasteiger partial charge in [0.25, 0.3) is 0 Å². The molecule has 15 heavy (non-hydrogen) atoms. The van der Waals surface area contributed by atoms with Crippen LogP contribution in [0.25, 0.3) is 0 Å². The van der Waals surface area contributed by atoms with E-state index in [9.17, 15) is 0 Å². The van der Waals surface area contributed by atoms with E-state index < -0.39 is 0 Å². The molecular formula is C13H14N2. The van der Waals surface area contributed by atoms with Crippen molar-refractivity contribution < 1.29 is 0 Å². The Bertz CT molecular complexity index is 413. The summed E-state index contributed by atoms with van der Waals surface area (Å²) < 4.78 is 0. The van der Waals surface area contributed by atoms with Crippen molar-refractivity contribution in [3.05, 3.63) is 35.4 Å². The normalized spacial score (nSPS) is 28.5. The Labute approximate surface area is 90.1 Å². The molecule has 76 valence electrons. The molecule has 0 N–H and O–H groups in total. The van der Waals surface area contributed by atoms with Crippen molar-refractivity contribution in [1.29, 1.82) is 5.26 Å². The number of benzene rings is 1. The summed E-state index contributed by atoms with van der Waals surface area (Å²) in [4.78, 5) is 2.53. The molecular weight excluding hydrogens is 184 g/mol. The van der Waals surface area contributed by atoms with E-state index in [-0.39, 0.29) is 0 Å². The quantitative estimate of drug-likeness (QED) is 0.728. The highest BCUT2D eigenvalue weighted by Crippen LogP contribution is 2.41. The van der Waals surface area contributed by atoms with Crippen molar-refractivity contribution in [3.8, 4) is 6.07 Å². The number of hydrogen-bond donors (Lipinski definition) is 0. The lowest BCUT2D eigenvalue weighted by Crippen LogP contribution is -2.28. The molecule has 0 radical (unpaired) electrons. The highest BCUT2D eigenvalue weighted by atomic mass is 15.2. The molecule has 4 rings (SSSR count). The van der Waals surface area contributed by atoms with Gasteiger partial charge in [-0.1, -0.05) is 18.2 Å². The van der Waals surface area contributed by atoms with Crippen molar-refractivity contribution in [1.82, 2.24) is 4.90 Å². The van der Waals surface area contributed by atoms with Crippen LogP contribution in [0.1, 0.15) is 24.0 Å². The number of nitriles is 1. The maximum absolute atomic E-state index is 9.00. The van der Waals surface area contributed by atoms with Gasteiger partial charge in [0.1, 0.15) is 0 Å². The Morgan fingerprint density at radius 3 is 2.80 bits per heavy atom. The summed E-state index contributed by atoms with van der Waals surface area (Å²) in [5.74, 6) is 0.948. The summed E-state index contributed by atoms with van der Waals surface area (Å²) in [5, 5.41) is 9.00. The molecule has 2 aliphatic heterocycles. The predicted molar refractivity (Wildman–Crippen MR) is 58.1 cm³/mol. The summed E-state index contributed by atoms with van der Waals surface area (Å²) in [6.45, 7) is 2.20. The molecule has 1 saturated carbocycles. The molecule has 0 amide bonds. The van der Waals surface area contributed by atoms with E-state index in [1.807, 2.05) is 18.2 Å². The average molecular weight is 198 g/mol. The van der Waals surface area contributed by atoms with Crippen molar-refractivity contribution in [2.24, 2.45) is 5.92 Å². The molecule has 0 unspecified atom stereocenters. The Hall–Kier alpha value is -1.33. The molecule has 1 aliphatic carbocycles. The second-order valence-corrected chi connectivity index (χ2v) is 4.69. The van der Waals surface area contributed by atoms with Crippen LogP contribution in [0.5, 0.6) is 0 Å². The van der Waals surface area contributed by atoms with E-state index in [1.54, 1.807) is 0 Å². The first-order valence-corrected chi connectivity index (χ1v) is 5.59. The maximum atomic E-state index is 9.00.